The van der Waals surface area contributed by atoms with Crippen LogP contribution in [0.15, 0.2) is 60.7 Å². The van der Waals surface area contributed by atoms with E-state index in [0.717, 1.165) is 11.1 Å². The molecule has 0 saturated carbocycles. The van der Waals surface area contributed by atoms with Crippen LogP contribution in [0.25, 0.3) is 0 Å². The first kappa shape index (κ1) is 19.1. The van der Waals surface area contributed by atoms with E-state index in [-0.39, 0.29) is 12.2 Å². The molecule has 0 aliphatic carbocycles. The Kier molecular flexibility index (Phi) is 5.78. The summed E-state index contributed by atoms with van der Waals surface area (Å²) >= 11 is 0. The molecule has 0 bridgehead atoms. The van der Waals surface area contributed by atoms with Crippen molar-refractivity contribution in [1.29, 1.82) is 0 Å². The summed E-state index contributed by atoms with van der Waals surface area (Å²) in [6.07, 6.45) is -0.175. The molecule has 1 saturated heterocycles. The molecule has 1 heterocycles. The molecule has 0 aromatic heterocycles. The molecule has 0 amide bonds. The molecule has 3 rings (SSSR count). The van der Waals surface area contributed by atoms with E-state index in [2.05, 4.69) is 0 Å². The molecule has 1 aliphatic heterocycles. The summed E-state index contributed by atoms with van der Waals surface area (Å²) in [5, 5.41) is 0. The third-order valence-corrected chi connectivity index (χ3v) is 4.24. The Morgan fingerprint density at radius 2 is 1.00 bits per heavy atom. The quantitative estimate of drug-likeness (QED) is 0.759. The Hall–Kier alpha value is -1.72. The molecule has 1 aliphatic rings. The van der Waals surface area contributed by atoms with Gasteiger partial charge in [0.05, 0.1) is 25.4 Å². The van der Waals surface area contributed by atoms with Crippen molar-refractivity contribution in [1.82, 2.24) is 0 Å². The topological polar surface area (TPSA) is 36.9 Å². The summed E-state index contributed by atoms with van der Waals surface area (Å²) in [6.45, 7) is 8.83. The van der Waals surface area contributed by atoms with E-state index < -0.39 is 11.6 Å². The Bertz CT molecular complexity index is 624. The van der Waals surface area contributed by atoms with Crippen LogP contribution in [0.5, 0.6) is 0 Å². The fraction of sp³-hybridized carbons (Fsp3) is 0.455. The van der Waals surface area contributed by atoms with Gasteiger partial charge in [0.15, 0.2) is 0 Å². The van der Waals surface area contributed by atoms with E-state index in [1.165, 1.54) is 0 Å². The molecular weight excluding hydrogens is 328 g/mol. The highest BCUT2D eigenvalue weighted by Crippen LogP contribution is 2.51. The van der Waals surface area contributed by atoms with Gasteiger partial charge in [0, 0.05) is 11.1 Å². The van der Waals surface area contributed by atoms with Crippen LogP contribution < -0.4 is 0 Å². The normalized spacial score (nSPS) is 26.4. The highest BCUT2D eigenvalue weighted by Gasteiger charge is 2.62. The summed E-state index contributed by atoms with van der Waals surface area (Å²) in [5.74, 6) is -2.40. The monoisotopic (exact) mass is 356 g/mol. The van der Waals surface area contributed by atoms with Gasteiger partial charge < -0.3 is 18.9 Å². The van der Waals surface area contributed by atoms with Crippen LogP contribution in [0.1, 0.15) is 38.8 Å². The SMILES string of the molecule is CC(C)O[C@@]1(c2ccccc2)OCCO[C@@]1(OC(C)C)c1ccccc1. The van der Waals surface area contributed by atoms with Crippen molar-refractivity contribution in [2.75, 3.05) is 13.2 Å². The zero-order valence-electron chi connectivity index (χ0n) is 16.0. The van der Waals surface area contributed by atoms with Gasteiger partial charge in [-0.25, -0.2) is 0 Å². The Morgan fingerprint density at radius 1 is 0.654 bits per heavy atom. The van der Waals surface area contributed by atoms with Crippen molar-refractivity contribution < 1.29 is 18.9 Å². The van der Waals surface area contributed by atoms with Gasteiger partial charge in [0.2, 0.25) is 0 Å². The van der Waals surface area contributed by atoms with Crippen LogP contribution in [-0.4, -0.2) is 25.4 Å². The van der Waals surface area contributed by atoms with E-state index in [1.54, 1.807) is 0 Å². The predicted molar refractivity (Wildman–Crippen MR) is 101 cm³/mol. The first-order chi connectivity index (χ1) is 12.5. The van der Waals surface area contributed by atoms with E-state index in [4.69, 9.17) is 18.9 Å². The fourth-order valence-corrected chi connectivity index (χ4v) is 3.45. The molecule has 140 valence electrons. The number of ether oxygens (including phenoxy) is 4. The molecule has 0 N–H and O–H groups in total. The molecule has 0 radical (unpaired) electrons. The van der Waals surface area contributed by atoms with Gasteiger partial charge in [0.25, 0.3) is 11.6 Å². The molecule has 2 atom stereocenters. The number of rotatable bonds is 6. The average molecular weight is 356 g/mol. The lowest BCUT2D eigenvalue weighted by Crippen LogP contribution is -2.61. The van der Waals surface area contributed by atoms with Crippen molar-refractivity contribution in [2.45, 2.75) is 51.5 Å². The van der Waals surface area contributed by atoms with Crippen LogP contribution in [0.4, 0.5) is 0 Å². The lowest BCUT2D eigenvalue weighted by atomic mass is 9.88. The summed E-state index contributed by atoms with van der Waals surface area (Å²) in [6, 6.07) is 19.8. The summed E-state index contributed by atoms with van der Waals surface area (Å²) < 4.78 is 25.7. The van der Waals surface area contributed by atoms with E-state index in [0.29, 0.717) is 13.2 Å². The smallest absolute Gasteiger partial charge is 0.256 e. The first-order valence-electron chi connectivity index (χ1n) is 9.25. The maximum absolute atomic E-state index is 6.46. The zero-order chi connectivity index (χ0) is 18.6. The number of hydrogen-bond acceptors (Lipinski definition) is 4. The Balaban J connectivity index is 2.26. The zero-order valence-corrected chi connectivity index (χ0v) is 16.0. The van der Waals surface area contributed by atoms with E-state index >= 15 is 0 Å². The summed E-state index contributed by atoms with van der Waals surface area (Å²) in [4.78, 5) is 0. The van der Waals surface area contributed by atoms with Crippen molar-refractivity contribution in [3.8, 4) is 0 Å². The van der Waals surface area contributed by atoms with Gasteiger partial charge in [-0.2, -0.15) is 0 Å². The maximum Gasteiger partial charge on any atom is 0.256 e. The standard InChI is InChI=1S/C22H28O4/c1-17(2)25-21(19-11-7-5-8-12-19)22(26-18(3)4,24-16-15-23-21)20-13-9-6-10-14-20/h5-14,17-18H,15-16H2,1-4H3/t21-,22-/m1/s1. The van der Waals surface area contributed by atoms with Gasteiger partial charge in [0.1, 0.15) is 0 Å². The second-order valence-electron chi connectivity index (χ2n) is 7.00. The van der Waals surface area contributed by atoms with E-state index in [9.17, 15) is 0 Å². The first-order valence-corrected chi connectivity index (χ1v) is 9.25. The molecule has 4 heteroatoms. The second kappa shape index (κ2) is 7.89. The largest absolute Gasteiger partial charge is 0.339 e. The van der Waals surface area contributed by atoms with E-state index in [1.807, 2.05) is 88.4 Å². The molecule has 4 nitrogen and oxygen atoms in total. The molecule has 26 heavy (non-hydrogen) atoms. The lowest BCUT2D eigenvalue weighted by Gasteiger charge is -2.52. The average Bonchev–Trinajstić information content (AvgIpc) is 2.64. The van der Waals surface area contributed by atoms with Gasteiger partial charge >= 0.3 is 0 Å². The molecule has 0 unspecified atom stereocenters. The molecule has 2 aromatic carbocycles. The van der Waals surface area contributed by atoms with Gasteiger partial charge in [-0.05, 0) is 27.7 Å². The molecule has 0 spiro atoms. The Labute approximate surface area is 156 Å². The molecule has 1 fully saturated rings. The highest BCUT2D eigenvalue weighted by molar-refractivity contribution is 5.31. The van der Waals surface area contributed by atoms with Crippen LogP contribution in [0.3, 0.4) is 0 Å². The molecular formula is C22H28O4. The van der Waals surface area contributed by atoms with Gasteiger partial charge in [-0.1, -0.05) is 60.7 Å². The highest BCUT2D eigenvalue weighted by atomic mass is 16.8. The predicted octanol–water partition coefficient (Wildman–Crippen LogP) is 4.59. The lowest BCUT2D eigenvalue weighted by molar-refractivity contribution is -0.468. The Morgan fingerprint density at radius 3 is 1.31 bits per heavy atom. The minimum absolute atomic E-state index is 0.0873. The van der Waals surface area contributed by atoms with Crippen molar-refractivity contribution in [3.63, 3.8) is 0 Å². The molecule has 2 aromatic rings. The van der Waals surface area contributed by atoms with Gasteiger partial charge in [-0.3, -0.25) is 0 Å². The summed E-state index contributed by atoms with van der Waals surface area (Å²) in [7, 11) is 0. The van der Waals surface area contributed by atoms with Crippen LogP contribution in [0.2, 0.25) is 0 Å². The minimum atomic E-state index is -1.20. The third kappa shape index (κ3) is 3.42. The van der Waals surface area contributed by atoms with Crippen LogP contribution in [-0.2, 0) is 30.5 Å². The number of hydrogen-bond donors (Lipinski definition) is 0. The van der Waals surface area contributed by atoms with Gasteiger partial charge in [-0.15, -0.1) is 0 Å². The van der Waals surface area contributed by atoms with Crippen molar-refractivity contribution >= 4 is 0 Å². The van der Waals surface area contributed by atoms with Crippen LogP contribution in [0, 0.1) is 0 Å². The number of benzene rings is 2. The van der Waals surface area contributed by atoms with Crippen LogP contribution >= 0.6 is 0 Å². The fourth-order valence-electron chi connectivity index (χ4n) is 3.45. The third-order valence-electron chi connectivity index (χ3n) is 4.24. The van der Waals surface area contributed by atoms with Crippen molar-refractivity contribution in [3.05, 3.63) is 71.8 Å². The minimum Gasteiger partial charge on any atom is -0.339 e. The van der Waals surface area contributed by atoms with Crippen molar-refractivity contribution in [2.24, 2.45) is 0 Å². The second-order valence-corrected chi connectivity index (χ2v) is 7.00. The summed E-state index contributed by atoms with van der Waals surface area (Å²) in [5.41, 5.74) is 1.75. The maximum atomic E-state index is 6.46.